The third-order valence-electron chi connectivity index (χ3n) is 2.50. The lowest BCUT2D eigenvalue weighted by Crippen LogP contribution is -2.24. The first-order valence-electron chi connectivity index (χ1n) is 5.56. The third kappa shape index (κ3) is 2.65. The molecule has 0 bridgehead atoms. The minimum absolute atomic E-state index is 0.232. The van der Waals surface area contributed by atoms with Crippen LogP contribution in [0.2, 0.25) is 0 Å². The van der Waals surface area contributed by atoms with Gasteiger partial charge in [0.25, 0.3) is 0 Å². The molecule has 0 saturated carbocycles. The Hall–Kier alpha value is -1.81. The molecule has 0 aliphatic rings. The van der Waals surface area contributed by atoms with Gasteiger partial charge in [0.1, 0.15) is 5.82 Å². The highest BCUT2D eigenvalue weighted by molar-refractivity contribution is 5.27. The van der Waals surface area contributed by atoms with Crippen LogP contribution in [0.25, 0.3) is 0 Å². The van der Waals surface area contributed by atoms with Crippen molar-refractivity contribution < 1.29 is 4.39 Å². The molecule has 0 aliphatic carbocycles. The first-order valence-corrected chi connectivity index (χ1v) is 5.56. The van der Waals surface area contributed by atoms with E-state index in [1.807, 2.05) is 13.0 Å². The second kappa shape index (κ2) is 5.50. The van der Waals surface area contributed by atoms with E-state index in [0.29, 0.717) is 5.56 Å². The van der Waals surface area contributed by atoms with Gasteiger partial charge in [0, 0.05) is 18.0 Å². The van der Waals surface area contributed by atoms with Crippen LogP contribution in [-0.2, 0) is 0 Å². The zero-order valence-corrected chi connectivity index (χ0v) is 9.60. The summed E-state index contributed by atoms with van der Waals surface area (Å²) in [5, 5.41) is 3.21. The van der Waals surface area contributed by atoms with Crippen LogP contribution < -0.4 is 5.32 Å². The number of hydrogen-bond acceptors (Lipinski definition) is 3. The lowest BCUT2D eigenvalue weighted by Gasteiger charge is -2.17. The molecule has 1 unspecified atom stereocenters. The van der Waals surface area contributed by atoms with Gasteiger partial charge in [-0.2, -0.15) is 0 Å². The second-order valence-corrected chi connectivity index (χ2v) is 3.64. The molecule has 17 heavy (non-hydrogen) atoms. The van der Waals surface area contributed by atoms with Crippen molar-refractivity contribution in [3.8, 4) is 0 Å². The van der Waals surface area contributed by atoms with E-state index in [4.69, 9.17) is 0 Å². The summed E-state index contributed by atoms with van der Waals surface area (Å²) < 4.78 is 13.8. The van der Waals surface area contributed by atoms with E-state index in [0.717, 1.165) is 12.2 Å². The van der Waals surface area contributed by atoms with E-state index in [1.165, 1.54) is 6.07 Å². The summed E-state index contributed by atoms with van der Waals surface area (Å²) in [6.45, 7) is 2.71. The highest BCUT2D eigenvalue weighted by Gasteiger charge is 2.17. The van der Waals surface area contributed by atoms with E-state index in [1.54, 1.807) is 30.7 Å². The van der Waals surface area contributed by atoms with Crippen LogP contribution in [-0.4, -0.2) is 16.5 Å². The maximum Gasteiger partial charge on any atom is 0.128 e. The van der Waals surface area contributed by atoms with Crippen LogP contribution in [0.4, 0.5) is 4.39 Å². The van der Waals surface area contributed by atoms with Crippen molar-refractivity contribution >= 4 is 0 Å². The lowest BCUT2D eigenvalue weighted by molar-refractivity contribution is 0.551. The molecule has 1 aromatic heterocycles. The van der Waals surface area contributed by atoms with Crippen molar-refractivity contribution in [2.45, 2.75) is 13.0 Å². The van der Waals surface area contributed by atoms with Gasteiger partial charge in [-0.25, -0.2) is 4.39 Å². The number of halogens is 1. The molecule has 2 aromatic rings. The molecule has 88 valence electrons. The number of aromatic nitrogens is 2. The fraction of sp³-hybridized carbons (Fsp3) is 0.231. The maximum absolute atomic E-state index is 13.8. The lowest BCUT2D eigenvalue weighted by atomic mass is 10.0. The van der Waals surface area contributed by atoms with Crippen molar-refractivity contribution in [2.24, 2.45) is 0 Å². The fourth-order valence-electron chi connectivity index (χ4n) is 1.75. The van der Waals surface area contributed by atoms with Crippen LogP contribution >= 0.6 is 0 Å². The number of hydrogen-bond donors (Lipinski definition) is 1. The SMILES string of the molecule is CCNC(c1cnccn1)c1ccccc1F. The van der Waals surface area contributed by atoms with Crippen molar-refractivity contribution in [1.82, 2.24) is 15.3 Å². The predicted octanol–water partition coefficient (Wildman–Crippen LogP) is 2.31. The van der Waals surface area contributed by atoms with Gasteiger partial charge in [0.15, 0.2) is 0 Å². The summed E-state index contributed by atoms with van der Waals surface area (Å²) in [6, 6.07) is 6.46. The standard InChI is InChI=1S/C13H14FN3/c1-2-16-13(12-9-15-7-8-17-12)10-5-3-4-6-11(10)14/h3-9,13,16H,2H2,1H3. The smallest absolute Gasteiger partial charge is 0.128 e. The summed E-state index contributed by atoms with van der Waals surface area (Å²) in [7, 11) is 0. The number of nitrogens with one attached hydrogen (secondary N) is 1. The Bertz CT molecular complexity index is 473. The van der Waals surface area contributed by atoms with Crippen LogP contribution in [0, 0.1) is 5.82 Å². The molecule has 1 N–H and O–H groups in total. The summed E-state index contributed by atoms with van der Waals surface area (Å²) >= 11 is 0. The van der Waals surface area contributed by atoms with Crippen molar-refractivity contribution in [3.63, 3.8) is 0 Å². The van der Waals surface area contributed by atoms with Gasteiger partial charge >= 0.3 is 0 Å². The van der Waals surface area contributed by atoms with Crippen molar-refractivity contribution in [2.75, 3.05) is 6.54 Å². The molecular weight excluding hydrogens is 217 g/mol. The van der Waals surface area contributed by atoms with Crippen molar-refractivity contribution in [3.05, 3.63) is 59.9 Å². The van der Waals surface area contributed by atoms with Crippen LogP contribution in [0.3, 0.4) is 0 Å². The molecule has 4 heteroatoms. The summed E-state index contributed by atoms with van der Waals surface area (Å²) in [4.78, 5) is 8.24. The summed E-state index contributed by atoms with van der Waals surface area (Å²) in [5.41, 5.74) is 1.31. The molecule has 0 fully saturated rings. The highest BCUT2D eigenvalue weighted by atomic mass is 19.1. The first-order chi connectivity index (χ1) is 8.33. The number of nitrogens with zero attached hydrogens (tertiary/aromatic N) is 2. The zero-order chi connectivity index (χ0) is 12.1. The van der Waals surface area contributed by atoms with Crippen LogP contribution in [0.1, 0.15) is 24.2 Å². The Morgan fingerprint density at radius 1 is 1.29 bits per heavy atom. The largest absolute Gasteiger partial charge is 0.305 e. The summed E-state index contributed by atoms with van der Waals surface area (Å²) in [6.07, 6.45) is 4.87. The van der Waals surface area contributed by atoms with Gasteiger partial charge < -0.3 is 5.32 Å². The van der Waals surface area contributed by atoms with Crippen LogP contribution in [0.5, 0.6) is 0 Å². The molecule has 0 spiro atoms. The Labute approximate surface area is 99.7 Å². The average molecular weight is 231 g/mol. The minimum atomic E-state index is -0.255. The number of rotatable bonds is 4. The normalized spacial score (nSPS) is 12.4. The molecule has 0 amide bonds. The van der Waals surface area contributed by atoms with Gasteiger partial charge in [0.05, 0.1) is 17.9 Å². The van der Waals surface area contributed by atoms with Crippen LogP contribution in [0.15, 0.2) is 42.9 Å². The Morgan fingerprint density at radius 2 is 2.12 bits per heavy atom. The topological polar surface area (TPSA) is 37.8 Å². The Morgan fingerprint density at radius 3 is 2.76 bits per heavy atom. The average Bonchev–Trinajstić information content (AvgIpc) is 2.38. The van der Waals surface area contributed by atoms with E-state index < -0.39 is 0 Å². The third-order valence-corrected chi connectivity index (χ3v) is 2.50. The molecule has 0 aliphatic heterocycles. The van der Waals surface area contributed by atoms with E-state index in [2.05, 4.69) is 15.3 Å². The molecular formula is C13H14FN3. The monoisotopic (exact) mass is 231 g/mol. The van der Waals surface area contributed by atoms with E-state index >= 15 is 0 Å². The molecule has 3 nitrogen and oxygen atoms in total. The van der Waals surface area contributed by atoms with Gasteiger partial charge in [0.2, 0.25) is 0 Å². The maximum atomic E-state index is 13.8. The van der Waals surface area contributed by atoms with E-state index in [9.17, 15) is 4.39 Å². The second-order valence-electron chi connectivity index (χ2n) is 3.64. The molecule has 1 atom stereocenters. The summed E-state index contributed by atoms with van der Waals surface area (Å²) in [5.74, 6) is -0.232. The van der Waals surface area contributed by atoms with Gasteiger partial charge in [-0.3, -0.25) is 9.97 Å². The first kappa shape index (κ1) is 11.7. The molecule has 1 aromatic carbocycles. The quantitative estimate of drug-likeness (QED) is 0.877. The Kier molecular flexibility index (Phi) is 3.77. The predicted molar refractivity (Wildman–Crippen MR) is 64.0 cm³/mol. The molecule has 0 saturated heterocycles. The number of benzene rings is 1. The zero-order valence-electron chi connectivity index (χ0n) is 9.60. The minimum Gasteiger partial charge on any atom is -0.305 e. The molecule has 0 radical (unpaired) electrons. The fourth-order valence-corrected chi connectivity index (χ4v) is 1.75. The van der Waals surface area contributed by atoms with Gasteiger partial charge in [-0.15, -0.1) is 0 Å². The Balaban J connectivity index is 2.39. The highest BCUT2D eigenvalue weighted by Crippen LogP contribution is 2.21. The van der Waals surface area contributed by atoms with Crippen molar-refractivity contribution in [1.29, 1.82) is 0 Å². The molecule has 1 heterocycles. The molecule has 2 rings (SSSR count). The van der Waals surface area contributed by atoms with Gasteiger partial charge in [-0.1, -0.05) is 25.1 Å². The van der Waals surface area contributed by atoms with Gasteiger partial charge in [-0.05, 0) is 12.6 Å². The van der Waals surface area contributed by atoms with E-state index in [-0.39, 0.29) is 11.9 Å².